The minimum Gasteiger partial charge on any atom is -0.493 e. The summed E-state index contributed by atoms with van der Waals surface area (Å²) in [6.45, 7) is 0.186. The lowest BCUT2D eigenvalue weighted by molar-refractivity contribution is -0.832. The van der Waals surface area contributed by atoms with Crippen LogP contribution in [-0.4, -0.2) is 52.9 Å². The third kappa shape index (κ3) is 6.79. The molecule has 222 valence electrons. The molecule has 0 saturated carbocycles. The summed E-state index contributed by atoms with van der Waals surface area (Å²) in [5, 5.41) is 16.6. The van der Waals surface area contributed by atoms with Gasteiger partial charge >= 0.3 is 10.9 Å². The van der Waals surface area contributed by atoms with E-state index in [4.69, 9.17) is 18.9 Å². The maximum absolute atomic E-state index is 13.2. The summed E-state index contributed by atoms with van der Waals surface area (Å²) in [7, 11) is -2.71. The number of rotatable bonds is 13. The van der Waals surface area contributed by atoms with Gasteiger partial charge in [-0.15, -0.1) is 0 Å². The van der Waals surface area contributed by atoms with Crippen LogP contribution in [0.25, 0.3) is 10.8 Å². The summed E-state index contributed by atoms with van der Waals surface area (Å²) in [4.78, 5) is 12.9. The Balaban J connectivity index is 1.14. The Hall–Kier alpha value is -4.46. The number of sulfone groups is 1. The monoisotopic (exact) mass is 668 g/mol. The average molecular weight is 670 g/mol. The Morgan fingerprint density at radius 1 is 0.860 bits per heavy atom. The number of carbonyl (C=O) groups is 1. The van der Waals surface area contributed by atoms with Gasteiger partial charge in [0.2, 0.25) is 0 Å². The van der Waals surface area contributed by atoms with Gasteiger partial charge in [0, 0.05) is 15.6 Å². The van der Waals surface area contributed by atoms with Crippen LogP contribution in [0.5, 0.6) is 17.4 Å². The normalized spacial score (nSPS) is 11.4. The summed E-state index contributed by atoms with van der Waals surface area (Å²) < 4.78 is 53.1. The molecule has 0 amide bonds. The largest absolute Gasteiger partial charge is 0.493 e. The summed E-state index contributed by atoms with van der Waals surface area (Å²) in [5.41, 5.74) is 0.981. The fourth-order valence-electron chi connectivity index (χ4n) is 4.21. The second-order valence-electron chi connectivity index (χ2n) is 9.07. The molecule has 0 unspecified atom stereocenters. The van der Waals surface area contributed by atoms with Gasteiger partial charge < -0.3 is 24.2 Å². The van der Waals surface area contributed by atoms with E-state index in [-0.39, 0.29) is 42.0 Å². The number of ether oxygens (including phenoxy) is 4. The van der Waals surface area contributed by atoms with Crippen LogP contribution >= 0.6 is 15.9 Å². The van der Waals surface area contributed by atoms with Crippen LogP contribution in [0.2, 0.25) is 0 Å². The van der Waals surface area contributed by atoms with Gasteiger partial charge in [0.05, 0.1) is 30.4 Å². The molecule has 4 aromatic carbocycles. The molecule has 5 aromatic rings. The smallest absolute Gasteiger partial charge is 0.415 e. The van der Waals surface area contributed by atoms with Crippen LogP contribution in [0.3, 0.4) is 0 Å². The summed E-state index contributed by atoms with van der Waals surface area (Å²) in [5.74, 6) is 0.194. The van der Waals surface area contributed by atoms with Crippen LogP contribution in [0.4, 0.5) is 0 Å². The van der Waals surface area contributed by atoms with Crippen molar-refractivity contribution in [3.63, 3.8) is 0 Å². The van der Waals surface area contributed by atoms with Gasteiger partial charge in [-0.05, 0) is 64.2 Å². The Bertz CT molecular complexity index is 1860. The average Bonchev–Trinajstić information content (AvgIpc) is 3.40. The molecular formula is C30H25BrN2O9S. The molecule has 0 spiro atoms. The summed E-state index contributed by atoms with van der Waals surface area (Å²) >= 11 is 3.46. The Labute approximate surface area is 255 Å². The van der Waals surface area contributed by atoms with Crippen molar-refractivity contribution in [3.05, 3.63) is 106 Å². The van der Waals surface area contributed by atoms with Crippen molar-refractivity contribution in [2.75, 3.05) is 33.5 Å². The lowest BCUT2D eigenvalue weighted by Gasteiger charge is -2.12. The summed E-state index contributed by atoms with van der Waals surface area (Å²) in [6, 6.07) is 23.7. The van der Waals surface area contributed by atoms with Gasteiger partial charge in [0.15, 0.2) is 17.3 Å². The number of hydrogen-bond acceptors (Lipinski definition) is 10. The van der Waals surface area contributed by atoms with Crippen molar-refractivity contribution in [3.8, 4) is 17.4 Å². The van der Waals surface area contributed by atoms with E-state index in [0.29, 0.717) is 22.6 Å². The van der Waals surface area contributed by atoms with Crippen molar-refractivity contribution in [2.45, 2.75) is 9.92 Å². The number of methoxy groups -OCH3 is 1. The predicted molar refractivity (Wildman–Crippen MR) is 157 cm³/mol. The molecule has 0 aliphatic carbocycles. The van der Waals surface area contributed by atoms with Crippen molar-refractivity contribution < 1.29 is 41.7 Å². The zero-order chi connectivity index (χ0) is 30.4. The van der Waals surface area contributed by atoms with E-state index >= 15 is 0 Å². The maximum atomic E-state index is 13.2. The molecule has 13 heteroatoms. The van der Waals surface area contributed by atoms with Crippen molar-refractivity contribution in [1.29, 1.82) is 0 Å². The number of fused-ring (bicyclic) bond motifs is 1. The Kier molecular flexibility index (Phi) is 9.24. The number of halogens is 1. The number of ketones is 1. The Morgan fingerprint density at radius 3 is 2.30 bits per heavy atom. The molecule has 0 fully saturated rings. The molecule has 11 nitrogen and oxygen atoms in total. The zero-order valence-electron chi connectivity index (χ0n) is 22.8. The van der Waals surface area contributed by atoms with Crippen LogP contribution in [0, 0.1) is 5.21 Å². The van der Waals surface area contributed by atoms with E-state index in [2.05, 4.69) is 25.7 Å². The van der Waals surface area contributed by atoms with Crippen LogP contribution in [-0.2, 0) is 14.6 Å². The molecule has 0 aliphatic heterocycles. The lowest BCUT2D eigenvalue weighted by atomic mass is 9.99. The highest BCUT2D eigenvalue weighted by Gasteiger charge is 2.35. The van der Waals surface area contributed by atoms with E-state index in [9.17, 15) is 18.4 Å². The molecule has 43 heavy (non-hydrogen) atoms. The van der Waals surface area contributed by atoms with Gasteiger partial charge in [-0.1, -0.05) is 52.3 Å². The van der Waals surface area contributed by atoms with E-state index in [1.165, 1.54) is 31.4 Å². The standard InChI is InChI=1S/C30H25BrN2O9S/c1-38-26-12-10-23(28(34)22-8-7-21-18-24(31)11-9-20(21)17-22)19-27(26)40-15-13-39-14-16-41-29-30(33(35)42-32-29)43(36,37)25-5-3-2-4-6-25/h2-12,17-19H,13-16H2,1H3. The van der Waals surface area contributed by atoms with Gasteiger partial charge in [0.25, 0.3) is 9.84 Å². The quantitative estimate of drug-likeness (QED) is 0.0978. The molecule has 0 aliphatic rings. The molecule has 1 aromatic heterocycles. The molecule has 1 heterocycles. The fourth-order valence-corrected chi connectivity index (χ4v) is 5.88. The van der Waals surface area contributed by atoms with Gasteiger partial charge in [0.1, 0.15) is 13.2 Å². The summed E-state index contributed by atoms with van der Waals surface area (Å²) in [6.07, 6.45) is 0. The van der Waals surface area contributed by atoms with Gasteiger partial charge in [-0.25, -0.2) is 8.42 Å². The van der Waals surface area contributed by atoms with Crippen molar-refractivity contribution in [1.82, 2.24) is 5.16 Å². The molecule has 0 N–H and O–H groups in total. The fraction of sp³-hybridized carbons (Fsp3) is 0.167. The topological polar surface area (TPSA) is 141 Å². The van der Waals surface area contributed by atoms with E-state index in [1.54, 1.807) is 30.3 Å². The van der Waals surface area contributed by atoms with Crippen molar-refractivity contribution >= 4 is 42.3 Å². The third-order valence-electron chi connectivity index (χ3n) is 6.30. The van der Waals surface area contributed by atoms with E-state index < -0.39 is 20.7 Å². The minimum absolute atomic E-state index is 0.0358. The number of benzene rings is 4. The highest BCUT2D eigenvalue weighted by atomic mass is 79.9. The highest BCUT2D eigenvalue weighted by Crippen LogP contribution is 2.30. The second-order valence-corrected chi connectivity index (χ2v) is 11.8. The Morgan fingerprint density at radius 2 is 1.53 bits per heavy atom. The van der Waals surface area contributed by atoms with Crippen LogP contribution in [0.1, 0.15) is 15.9 Å². The first-order chi connectivity index (χ1) is 20.8. The number of nitrogens with zero attached hydrogens (tertiary/aromatic N) is 2. The minimum atomic E-state index is -4.21. The molecular weight excluding hydrogens is 644 g/mol. The third-order valence-corrected chi connectivity index (χ3v) is 8.52. The van der Waals surface area contributed by atoms with Gasteiger partial charge in [-0.3, -0.25) is 9.42 Å². The maximum Gasteiger partial charge on any atom is 0.415 e. The number of aromatic nitrogens is 2. The SMILES string of the molecule is COc1ccc(C(=O)c2ccc3cc(Br)ccc3c2)cc1OCCOCCOc1no[n+]([O-])c1S(=O)(=O)c1ccccc1. The van der Waals surface area contributed by atoms with Crippen molar-refractivity contribution in [2.24, 2.45) is 0 Å². The molecule has 5 rings (SSSR count). The molecule has 0 saturated heterocycles. The van der Waals surface area contributed by atoms with Crippen LogP contribution < -0.4 is 19.1 Å². The lowest BCUT2D eigenvalue weighted by Crippen LogP contribution is -2.31. The molecule has 0 radical (unpaired) electrons. The van der Waals surface area contributed by atoms with E-state index in [0.717, 1.165) is 15.2 Å². The number of carbonyl (C=O) groups excluding carboxylic acids is 1. The molecule has 0 atom stereocenters. The first kappa shape index (κ1) is 30.0. The van der Waals surface area contributed by atoms with E-state index in [1.807, 2.05) is 30.3 Å². The zero-order valence-corrected chi connectivity index (χ0v) is 25.2. The first-order valence-corrected chi connectivity index (χ1v) is 15.2. The first-order valence-electron chi connectivity index (χ1n) is 12.9. The molecule has 0 bridgehead atoms. The van der Waals surface area contributed by atoms with Gasteiger partial charge in [-0.2, -0.15) is 0 Å². The predicted octanol–water partition coefficient (Wildman–Crippen LogP) is 4.77. The number of hydrogen-bond donors (Lipinski definition) is 0. The second kappa shape index (κ2) is 13.2. The van der Waals surface area contributed by atoms with Crippen LogP contribution in [0.15, 0.2) is 104 Å². The highest BCUT2D eigenvalue weighted by molar-refractivity contribution is 9.10.